The Morgan fingerprint density at radius 1 is 1.05 bits per heavy atom. The van der Waals surface area contributed by atoms with Gasteiger partial charge in [0.15, 0.2) is 0 Å². The molecular weight excluding hydrogens is 468 g/mol. The molecule has 2 aromatic carbocycles. The third kappa shape index (κ3) is 5.87. The Kier molecular flexibility index (Phi) is 8.64. The SMILES string of the molecule is CCOC(=O)[C@H](CCc1ccccc1)N[C@@H](C)C(=O)N1[C@H]2CCC[C@H]2C[C@]1(Cc1ccccc1)C(=O)O. The Labute approximate surface area is 219 Å². The standard InChI is InChI=1S/C30H38N2O5/c1-3-37-28(34)25(18-17-22-11-6-4-7-12-22)31-21(2)27(33)32-26-16-10-15-24(26)20-30(32,29(35)36)19-23-13-8-5-9-14-23/h4-9,11-14,21,24-26,31H,3,10,15-20H2,1-2H3,(H,35,36)/t21-,24-,25-,26-,30+/m0/s1. The lowest BCUT2D eigenvalue weighted by atomic mass is 9.85. The molecule has 5 atom stereocenters. The van der Waals surface area contributed by atoms with Crippen LogP contribution >= 0.6 is 0 Å². The van der Waals surface area contributed by atoms with Crippen molar-refractivity contribution in [3.63, 3.8) is 0 Å². The number of nitrogens with one attached hydrogen (secondary N) is 1. The van der Waals surface area contributed by atoms with Crippen LogP contribution in [-0.4, -0.2) is 58.1 Å². The second-order valence-corrected chi connectivity index (χ2v) is 10.4. The summed E-state index contributed by atoms with van der Waals surface area (Å²) in [7, 11) is 0. The molecule has 0 unspecified atom stereocenters. The second kappa shape index (κ2) is 11.9. The van der Waals surface area contributed by atoms with Crippen LogP contribution in [0.4, 0.5) is 0 Å². The van der Waals surface area contributed by atoms with Gasteiger partial charge in [0.2, 0.25) is 5.91 Å². The van der Waals surface area contributed by atoms with Gasteiger partial charge in [-0.15, -0.1) is 0 Å². The average molecular weight is 507 g/mol. The van der Waals surface area contributed by atoms with Gasteiger partial charge in [-0.2, -0.15) is 0 Å². The Morgan fingerprint density at radius 3 is 2.32 bits per heavy atom. The van der Waals surface area contributed by atoms with E-state index in [-0.39, 0.29) is 30.9 Å². The van der Waals surface area contributed by atoms with E-state index in [0.717, 1.165) is 30.4 Å². The molecule has 2 aromatic rings. The van der Waals surface area contributed by atoms with Crippen molar-refractivity contribution in [1.82, 2.24) is 10.2 Å². The number of aliphatic carboxylic acids is 1. The number of carbonyl (C=O) groups is 3. The van der Waals surface area contributed by atoms with Gasteiger partial charge >= 0.3 is 11.9 Å². The average Bonchev–Trinajstić information content (AvgIpc) is 3.46. The summed E-state index contributed by atoms with van der Waals surface area (Å²) in [6.07, 6.45) is 4.58. The summed E-state index contributed by atoms with van der Waals surface area (Å²) in [5.74, 6) is -1.44. The molecule has 2 fully saturated rings. The molecule has 198 valence electrons. The molecule has 1 saturated carbocycles. The molecule has 1 aliphatic heterocycles. The third-order valence-electron chi connectivity index (χ3n) is 7.94. The number of esters is 1. The van der Waals surface area contributed by atoms with Crippen molar-refractivity contribution in [3.05, 3.63) is 71.8 Å². The van der Waals surface area contributed by atoms with Gasteiger partial charge in [0.1, 0.15) is 11.6 Å². The van der Waals surface area contributed by atoms with Gasteiger partial charge < -0.3 is 14.7 Å². The largest absolute Gasteiger partial charge is 0.479 e. The first-order valence-electron chi connectivity index (χ1n) is 13.4. The molecule has 4 rings (SSSR count). The van der Waals surface area contributed by atoms with E-state index in [1.165, 1.54) is 0 Å². The number of hydrogen-bond donors (Lipinski definition) is 2. The van der Waals surface area contributed by atoms with Crippen LogP contribution in [0.3, 0.4) is 0 Å². The molecule has 1 amide bonds. The number of hydrogen-bond acceptors (Lipinski definition) is 5. The molecule has 0 radical (unpaired) electrons. The molecule has 1 aliphatic carbocycles. The fraction of sp³-hybridized carbons (Fsp3) is 0.500. The molecule has 2 aliphatic rings. The van der Waals surface area contributed by atoms with Gasteiger partial charge in [-0.05, 0) is 63.0 Å². The van der Waals surface area contributed by atoms with Crippen LogP contribution in [0.1, 0.15) is 57.1 Å². The van der Waals surface area contributed by atoms with E-state index in [0.29, 0.717) is 19.3 Å². The minimum absolute atomic E-state index is 0.0954. The minimum atomic E-state index is -1.30. The third-order valence-corrected chi connectivity index (χ3v) is 7.94. The number of aryl methyl sites for hydroxylation is 1. The quantitative estimate of drug-likeness (QED) is 0.448. The second-order valence-electron chi connectivity index (χ2n) is 10.4. The van der Waals surface area contributed by atoms with Crippen LogP contribution in [0, 0.1) is 5.92 Å². The maximum atomic E-state index is 14.0. The summed E-state index contributed by atoms with van der Waals surface area (Å²) >= 11 is 0. The lowest BCUT2D eigenvalue weighted by molar-refractivity contribution is -0.159. The number of carboxylic acid groups (broad SMARTS) is 1. The molecule has 7 heteroatoms. The van der Waals surface area contributed by atoms with E-state index in [1.54, 1.807) is 18.7 Å². The number of nitrogens with zero attached hydrogens (tertiary/aromatic N) is 1. The Bertz CT molecular complexity index is 1080. The Hall–Kier alpha value is -3.19. The normalized spacial score (nSPS) is 24.3. The highest BCUT2D eigenvalue weighted by atomic mass is 16.5. The molecule has 37 heavy (non-hydrogen) atoms. The molecular formula is C30H38N2O5. The summed E-state index contributed by atoms with van der Waals surface area (Å²) in [5, 5.41) is 13.8. The smallest absolute Gasteiger partial charge is 0.330 e. The monoisotopic (exact) mass is 506 g/mol. The van der Waals surface area contributed by atoms with Crippen molar-refractivity contribution in [3.8, 4) is 0 Å². The highest BCUT2D eigenvalue weighted by molar-refractivity contribution is 5.91. The lowest BCUT2D eigenvalue weighted by Crippen LogP contribution is -2.61. The number of fused-ring (bicyclic) bond motifs is 1. The molecule has 1 saturated heterocycles. The zero-order chi connectivity index (χ0) is 26.4. The van der Waals surface area contributed by atoms with Crippen LogP contribution in [0.25, 0.3) is 0 Å². The van der Waals surface area contributed by atoms with Crippen molar-refractivity contribution in [1.29, 1.82) is 0 Å². The molecule has 2 N–H and O–H groups in total. The maximum absolute atomic E-state index is 14.0. The van der Waals surface area contributed by atoms with Crippen molar-refractivity contribution in [2.75, 3.05) is 6.61 Å². The van der Waals surface area contributed by atoms with E-state index in [2.05, 4.69) is 5.32 Å². The summed E-state index contributed by atoms with van der Waals surface area (Å²) in [6, 6.07) is 17.9. The van der Waals surface area contributed by atoms with E-state index in [4.69, 9.17) is 4.74 Å². The van der Waals surface area contributed by atoms with E-state index in [1.807, 2.05) is 60.7 Å². The summed E-state index contributed by atoms with van der Waals surface area (Å²) in [6.45, 7) is 3.74. The fourth-order valence-electron chi connectivity index (χ4n) is 6.23. The minimum Gasteiger partial charge on any atom is -0.479 e. The summed E-state index contributed by atoms with van der Waals surface area (Å²) in [4.78, 5) is 41.4. The number of likely N-dealkylation sites (tertiary alicyclic amines) is 1. The van der Waals surface area contributed by atoms with Crippen LogP contribution < -0.4 is 5.32 Å². The van der Waals surface area contributed by atoms with Crippen LogP contribution in [0.5, 0.6) is 0 Å². The zero-order valence-electron chi connectivity index (χ0n) is 21.8. The van der Waals surface area contributed by atoms with Gasteiger partial charge in [-0.3, -0.25) is 14.9 Å². The molecule has 0 spiro atoms. The predicted molar refractivity (Wildman–Crippen MR) is 141 cm³/mol. The first-order valence-corrected chi connectivity index (χ1v) is 13.4. The number of benzene rings is 2. The molecule has 7 nitrogen and oxygen atoms in total. The van der Waals surface area contributed by atoms with Crippen LogP contribution in [0.2, 0.25) is 0 Å². The van der Waals surface area contributed by atoms with Gasteiger partial charge in [-0.25, -0.2) is 4.79 Å². The van der Waals surface area contributed by atoms with E-state index >= 15 is 0 Å². The Balaban J connectivity index is 1.56. The Morgan fingerprint density at radius 2 is 1.70 bits per heavy atom. The molecule has 0 aromatic heterocycles. The number of carbonyl (C=O) groups excluding carboxylic acids is 2. The fourth-order valence-corrected chi connectivity index (χ4v) is 6.23. The van der Waals surface area contributed by atoms with Crippen molar-refractivity contribution in [2.24, 2.45) is 5.92 Å². The van der Waals surface area contributed by atoms with Crippen molar-refractivity contribution >= 4 is 17.8 Å². The number of carboxylic acids is 1. The van der Waals surface area contributed by atoms with Gasteiger partial charge in [0, 0.05) is 12.5 Å². The number of amides is 1. The topological polar surface area (TPSA) is 95.9 Å². The first-order chi connectivity index (χ1) is 17.9. The predicted octanol–water partition coefficient (Wildman–Crippen LogP) is 4.00. The van der Waals surface area contributed by atoms with Crippen molar-refractivity contribution < 1.29 is 24.2 Å². The first kappa shape index (κ1) is 26.9. The van der Waals surface area contributed by atoms with Crippen LogP contribution in [0.15, 0.2) is 60.7 Å². The van der Waals surface area contributed by atoms with Gasteiger partial charge in [0.05, 0.1) is 12.6 Å². The number of rotatable bonds is 11. The molecule has 1 heterocycles. The summed E-state index contributed by atoms with van der Waals surface area (Å²) in [5.41, 5.74) is 0.697. The lowest BCUT2D eigenvalue weighted by Gasteiger charge is -2.40. The number of ether oxygens (including phenoxy) is 1. The van der Waals surface area contributed by atoms with Gasteiger partial charge in [-0.1, -0.05) is 67.1 Å². The zero-order valence-corrected chi connectivity index (χ0v) is 21.8. The van der Waals surface area contributed by atoms with E-state index < -0.39 is 29.6 Å². The van der Waals surface area contributed by atoms with Crippen LogP contribution in [-0.2, 0) is 32.0 Å². The molecule has 0 bridgehead atoms. The van der Waals surface area contributed by atoms with Gasteiger partial charge in [0.25, 0.3) is 0 Å². The highest BCUT2D eigenvalue weighted by Gasteiger charge is 2.59. The van der Waals surface area contributed by atoms with Crippen molar-refractivity contribution in [2.45, 2.75) is 82.5 Å². The maximum Gasteiger partial charge on any atom is 0.330 e. The summed E-state index contributed by atoms with van der Waals surface area (Å²) < 4.78 is 5.31. The highest BCUT2D eigenvalue weighted by Crippen LogP contribution is 2.48. The van der Waals surface area contributed by atoms with E-state index in [9.17, 15) is 19.5 Å².